The van der Waals surface area contributed by atoms with Crippen molar-refractivity contribution in [2.45, 2.75) is 25.3 Å². The van der Waals surface area contributed by atoms with Gasteiger partial charge in [-0.3, -0.25) is 0 Å². The van der Waals surface area contributed by atoms with E-state index in [-0.39, 0.29) is 4.90 Å². The third-order valence-electron chi connectivity index (χ3n) is 3.70. The number of furan rings is 1. The van der Waals surface area contributed by atoms with Gasteiger partial charge in [0.1, 0.15) is 16.4 Å². The molecule has 0 saturated carbocycles. The maximum Gasteiger partial charge on any atom is 0.257 e. The zero-order chi connectivity index (χ0) is 15.6. The van der Waals surface area contributed by atoms with Gasteiger partial charge in [-0.25, -0.2) is 13.4 Å². The number of rotatable bonds is 5. The molecule has 0 aliphatic carbocycles. The summed E-state index contributed by atoms with van der Waals surface area (Å²) in [6.45, 7) is 6.96. The lowest BCUT2D eigenvalue weighted by Gasteiger charge is -2.32. The summed E-state index contributed by atoms with van der Waals surface area (Å²) in [4.78, 5) is 5.10. The molecule has 1 aliphatic rings. The van der Waals surface area contributed by atoms with Crippen molar-refractivity contribution in [2.75, 3.05) is 40.3 Å². The van der Waals surface area contributed by atoms with Gasteiger partial charge in [0.05, 0.1) is 0 Å². The number of hydrazine groups is 1. The van der Waals surface area contributed by atoms with Gasteiger partial charge in [0.25, 0.3) is 10.0 Å². The van der Waals surface area contributed by atoms with E-state index in [0.717, 1.165) is 13.1 Å². The van der Waals surface area contributed by atoms with E-state index in [1.807, 2.05) is 7.05 Å². The lowest BCUT2D eigenvalue weighted by molar-refractivity contribution is 0.134. The van der Waals surface area contributed by atoms with Crippen LogP contribution >= 0.6 is 0 Å². The van der Waals surface area contributed by atoms with E-state index in [9.17, 15) is 8.42 Å². The molecule has 0 unspecified atom stereocenters. The molecule has 2 rings (SSSR count). The van der Waals surface area contributed by atoms with Crippen molar-refractivity contribution in [1.82, 2.24) is 20.1 Å². The Labute approximate surface area is 126 Å². The lowest BCUT2D eigenvalue weighted by Crippen LogP contribution is -2.52. The van der Waals surface area contributed by atoms with Gasteiger partial charge in [0.2, 0.25) is 0 Å². The Morgan fingerprint density at radius 1 is 1.14 bits per heavy atom. The van der Waals surface area contributed by atoms with E-state index >= 15 is 0 Å². The Hall–Kier alpha value is -0.930. The van der Waals surface area contributed by atoms with Gasteiger partial charge in [-0.1, -0.05) is 0 Å². The molecular weight excluding hydrogens is 292 g/mol. The number of piperazine rings is 1. The monoisotopic (exact) mass is 316 g/mol. The molecule has 1 aliphatic heterocycles. The minimum Gasteiger partial charge on any atom is -0.465 e. The fourth-order valence-corrected chi connectivity index (χ4v) is 4.13. The first-order valence-electron chi connectivity index (χ1n) is 7.04. The minimum absolute atomic E-state index is 0.258. The highest BCUT2D eigenvalue weighted by Crippen LogP contribution is 2.26. The summed E-state index contributed by atoms with van der Waals surface area (Å²) < 4.78 is 30.8. The number of nitrogens with one attached hydrogen (secondary N) is 2. The molecule has 2 heterocycles. The second-order valence-electron chi connectivity index (χ2n) is 5.44. The number of sulfonamides is 1. The standard InChI is InChI=1S/C13H24N4O3S/c1-10-12(9-14-3)13(11(2)20-10)21(18,19)15-17-7-5-16(4)6-8-17/h14-15H,5-9H2,1-4H3. The van der Waals surface area contributed by atoms with Gasteiger partial charge in [-0.2, -0.15) is 0 Å². The normalized spacial score (nSPS) is 18.3. The largest absolute Gasteiger partial charge is 0.465 e. The molecule has 0 amide bonds. The molecule has 120 valence electrons. The predicted octanol–water partition coefficient (Wildman–Crippen LogP) is 0.0565. The van der Waals surface area contributed by atoms with Crippen LogP contribution in [0.2, 0.25) is 0 Å². The predicted molar refractivity (Wildman–Crippen MR) is 80.3 cm³/mol. The van der Waals surface area contributed by atoms with E-state index in [2.05, 4.69) is 15.0 Å². The summed E-state index contributed by atoms with van der Waals surface area (Å²) in [6.07, 6.45) is 0. The molecule has 8 heteroatoms. The van der Waals surface area contributed by atoms with Gasteiger partial charge >= 0.3 is 0 Å². The Balaban J connectivity index is 2.23. The first-order valence-corrected chi connectivity index (χ1v) is 8.53. The zero-order valence-electron chi connectivity index (χ0n) is 13.1. The SMILES string of the molecule is CNCc1c(C)oc(C)c1S(=O)(=O)NN1CCN(C)CC1. The number of hydrogen-bond acceptors (Lipinski definition) is 6. The second kappa shape index (κ2) is 6.45. The van der Waals surface area contributed by atoms with Crippen LogP contribution in [0.3, 0.4) is 0 Å². The lowest BCUT2D eigenvalue weighted by atomic mass is 10.2. The van der Waals surface area contributed by atoms with Gasteiger partial charge in [0.15, 0.2) is 0 Å². The van der Waals surface area contributed by atoms with Crippen LogP contribution in [-0.4, -0.2) is 58.6 Å². The number of hydrogen-bond donors (Lipinski definition) is 2. The average Bonchev–Trinajstić information content (AvgIpc) is 2.68. The molecular formula is C13H24N4O3S. The van der Waals surface area contributed by atoms with Crippen molar-refractivity contribution < 1.29 is 12.8 Å². The van der Waals surface area contributed by atoms with Crippen molar-refractivity contribution in [3.63, 3.8) is 0 Å². The Morgan fingerprint density at radius 3 is 2.33 bits per heavy atom. The highest BCUT2D eigenvalue weighted by molar-refractivity contribution is 7.89. The number of likely N-dealkylation sites (N-methyl/N-ethyl adjacent to an activating group) is 1. The molecule has 1 aromatic rings. The van der Waals surface area contributed by atoms with E-state index in [4.69, 9.17) is 4.42 Å². The van der Waals surface area contributed by atoms with Gasteiger partial charge < -0.3 is 14.6 Å². The van der Waals surface area contributed by atoms with Crippen molar-refractivity contribution in [2.24, 2.45) is 0 Å². The minimum atomic E-state index is -3.62. The molecule has 21 heavy (non-hydrogen) atoms. The van der Waals surface area contributed by atoms with Crippen molar-refractivity contribution in [3.8, 4) is 0 Å². The molecule has 1 aromatic heterocycles. The quantitative estimate of drug-likeness (QED) is 0.800. The fourth-order valence-electron chi connectivity index (χ4n) is 2.56. The molecule has 0 atom stereocenters. The van der Waals surface area contributed by atoms with Gasteiger partial charge in [-0.15, -0.1) is 4.83 Å². The molecule has 0 aromatic carbocycles. The van der Waals surface area contributed by atoms with Crippen molar-refractivity contribution >= 4 is 10.0 Å². The van der Waals surface area contributed by atoms with Crippen molar-refractivity contribution in [1.29, 1.82) is 0 Å². The average molecular weight is 316 g/mol. The molecule has 1 saturated heterocycles. The molecule has 0 spiro atoms. The van der Waals surface area contributed by atoms with E-state index in [1.54, 1.807) is 25.9 Å². The van der Waals surface area contributed by atoms with Crippen LogP contribution < -0.4 is 10.1 Å². The maximum atomic E-state index is 12.7. The smallest absolute Gasteiger partial charge is 0.257 e. The van der Waals surface area contributed by atoms with E-state index in [1.165, 1.54) is 0 Å². The Bertz CT molecular complexity index is 589. The van der Waals surface area contributed by atoms with Crippen molar-refractivity contribution in [3.05, 3.63) is 17.1 Å². The van der Waals surface area contributed by atoms with Crippen LogP contribution in [0, 0.1) is 13.8 Å². The maximum absolute atomic E-state index is 12.7. The Morgan fingerprint density at radius 2 is 1.76 bits per heavy atom. The Kier molecular flexibility index (Phi) is 5.05. The van der Waals surface area contributed by atoms with E-state index in [0.29, 0.717) is 36.7 Å². The molecule has 0 radical (unpaired) electrons. The topological polar surface area (TPSA) is 77.8 Å². The van der Waals surface area contributed by atoms with Crippen LogP contribution in [0.4, 0.5) is 0 Å². The van der Waals surface area contributed by atoms with Crippen LogP contribution in [0.5, 0.6) is 0 Å². The highest BCUT2D eigenvalue weighted by atomic mass is 32.2. The summed E-state index contributed by atoms with van der Waals surface area (Å²) >= 11 is 0. The molecule has 7 nitrogen and oxygen atoms in total. The third-order valence-corrected chi connectivity index (χ3v) is 5.27. The summed E-state index contributed by atoms with van der Waals surface area (Å²) in [5.74, 6) is 1.07. The second-order valence-corrected chi connectivity index (χ2v) is 7.04. The molecule has 1 fully saturated rings. The van der Waals surface area contributed by atoms with Crippen LogP contribution in [0.15, 0.2) is 9.31 Å². The zero-order valence-corrected chi connectivity index (χ0v) is 13.9. The fraction of sp³-hybridized carbons (Fsp3) is 0.692. The summed E-state index contributed by atoms with van der Waals surface area (Å²) in [6, 6.07) is 0. The van der Waals surface area contributed by atoms with Crippen LogP contribution in [-0.2, 0) is 16.6 Å². The third kappa shape index (κ3) is 3.64. The first kappa shape index (κ1) is 16.4. The highest BCUT2D eigenvalue weighted by Gasteiger charge is 2.29. The number of aryl methyl sites for hydroxylation is 2. The van der Waals surface area contributed by atoms with Crippen LogP contribution in [0.25, 0.3) is 0 Å². The summed E-state index contributed by atoms with van der Waals surface area (Å²) in [7, 11) is 0.196. The molecule has 2 N–H and O–H groups in total. The van der Waals surface area contributed by atoms with Crippen LogP contribution in [0.1, 0.15) is 17.1 Å². The van der Waals surface area contributed by atoms with Gasteiger partial charge in [0, 0.05) is 38.3 Å². The van der Waals surface area contributed by atoms with E-state index < -0.39 is 10.0 Å². The summed E-state index contributed by atoms with van der Waals surface area (Å²) in [5.41, 5.74) is 0.691. The van der Waals surface area contributed by atoms with Gasteiger partial charge in [-0.05, 0) is 27.9 Å². The number of nitrogens with zero attached hydrogens (tertiary/aromatic N) is 2. The first-order chi connectivity index (χ1) is 9.85. The summed E-state index contributed by atoms with van der Waals surface area (Å²) in [5, 5.41) is 4.74. The molecule has 0 bridgehead atoms.